The Morgan fingerprint density at radius 1 is 0.793 bits per heavy atom. The second kappa shape index (κ2) is 39.1. The molecule has 588 valence electrons. The number of hydrogen-bond acceptors (Lipinski definition) is 26. The Labute approximate surface area is 637 Å². The van der Waals surface area contributed by atoms with Gasteiger partial charge in [0, 0.05) is 91.2 Å². The van der Waals surface area contributed by atoms with E-state index in [2.05, 4.69) is 67.2 Å². The first-order valence-corrected chi connectivity index (χ1v) is 40.0. The number of aryl methyl sites for hydroxylation is 1. The third-order valence-electron chi connectivity index (χ3n) is 16.8. The Morgan fingerprint density at radius 3 is 2.35 bits per heavy atom. The lowest BCUT2D eigenvalue weighted by atomic mass is 9.91. The van der Waals surface area contributed by atoms with Gasteiger partial charge in [0.05, 0.1) is 41.8 Å². The maximum absolute atomic E-state index is 14.3. The number of unbranched alkanes of at least 4 members (excludes halogenated alkanes) is 2. The van der Waals surface area contributed by atoms with Gasteiger partial charge in [-0.1, -0.05) is 78.6 Å². The predicted octanol–water partition coefficient (Wildman–Crippen LogP) is 4.45. The summed E-state index contributed by atoms with van der Waals surface area (Å²) in [5.41, 5.74) is 21.1. The molecule has 10 rings (SSSR count). The summed E-state index contributed by atoms with van der Waals surface area (Å²) >= 11 is 1.35. The number of amides is 6. The van der Waals surface area contributed by atoms with E-state index in [9.17, 15) is 61.8 Å². The Kier molecular flexibility index (Phi) is 29.4. The third-order valence-corrected chi connectivity index (χ3v) is 21.7. The van der Waals surface area contributed by atoms with E-state index < -0.39 is 121 Å². The Bertz CT molecular complexity index is 5060. The van der Waals surface area contributed by atoms with Crippen molar-refractivity contribution in [3.63, 3.8) is 0 Å². The number of aromatic nitrogens is 3. The molecule has 3 aliphatic rings. The van der Waals surface area contributed by atoms with Crippen molar-refractivity contribution in [2.24, 2.45) is 11.5 Å². The van der Waals surface area contributed by atoms with Crippen molar-refractivity contribution >= 4 is 103 Å². The van der Waals surface area contributed by atoms with Gasteiger partial charge in [-0.2, -0.15) is 13.6 Å². The number of allylic oxidation sites excluding steroid dienone is 6. The standard InChI is InChI=1S/C71H80N13O23P3S/c72-42-102-55-36-61(104-56(55)39-103-109(96,97)107-110(98,99)106-108(93,94)95)84-38-46(64(74)83-71(84)92)21-15-31-76-60(86)41-101-58(73)40-100-47-22-13-19-45(33-47)66(88)77-28-11-4-12-29-79-68(90)53(37-80-65(87)43-17-5-2-1-3-6-18-43)81-59(85)27-16-32-78-67(89)49-24-8-7-23-48(49)62-50-34-44-20-14-30-75-52(44)35-54(50)105-70(91)63(62)69-82-51-25-9-10-26-57(51)111-69/h1-3,5-10,13,17-19,22-26,33-35,38,53,55-56,58,61,75H,4,11-12,14,16,20,27-32,36-37,39-42,72-73H2,(H,76,86)(H,77,88)(H,78,89)(H,79,90)(H,80,87)(H,81,85)(H,96,97)(H,98,99)(H2,74,83,92)(H2,93,94,95)/b2-1-,3-1?,5-2?,6-3-,17-5-,18-6?,43-17?,43-18+. The third kappa shape index (κ3) is 24.2. The Hall–Kier alpha value is -10.2. The molecule has 17 N–H and O–H groups in total. The van der Waals surface area contributed by atoms with Gasteiger partial charge in [-0.05, 0) is 104 Å². The molecular formula is C71H80N13O23P3S. The number of anilines is 2. The number of phosphoric ester groups is 1. The molecule has 36 nitrogen and oxygen atoms in total. The molecule has 0 spiro atoms. The molecule has 0 saturated carbocycles. The highest BCUT2D eigenvalue weighted by atomic mass is 32.1. The van der Waals surface area contributed by atoms with Crippen molar-refractivity contribution in [3.8, 4) is 39.3 Å². The number of benzene rings is 4. The van der Waals surface area contributed by atoms with E-state index in [-0.39, 0.29) is 92.4 Å². The van der Waals surface area contributed by atoms with Crippen molar-refractivity contribution in [1.82, 2.24) is 46.4 Å². The Balaban J connectivity index is 0.645. The first-order valence-electron chi connectivity index (χ1n) is 34.7. The van der Waals surface area contributed by atoms with Gasteiger partial charge in [0.1, 0.15) is 65.5 Å². The van der Waals surface area contributed by atoms with E-state index in [1.807, 2.05) is 36.4 Å². The van der Waals surface area contributed by atoms with E-state index in [1.54, 1.807) is 85.0 Å². The molecule has 6 amide bonds. The van der Waals surface area contributed by atoms with Crippen LogP contribution in [0.3, 0.4) is 0 Å². The second-order valence-corrected chi connectivity index (χ2v) is 30.3. The number of rotatable bonds is 36. The number of ether oxygens (including phenoxy) is 4. The summed E-state index contributed by atoms with van der Waals surface area (Å²) in [5.74, 6) is 2.27. The fraction of sp³-hybridized carbons (Fsp3) is 0.324. The largest absolute Gasteiger partial charge is 0.490 e. The number of phosphoric acid groups is 3. The van der Waals surface area contributed by atoms with E-state index in [4.69, 9.17) is 55.3 Å². The van der Waals surface area contributed by atoms with Crippen molar-refractivity contribution in [2.45, 2.75) is 82.1 Å². The van der Waals surface area contributed by atoms with Crippen molar-refractivity contribution in [1.29, 1.82) is 0 Å². The van der Waals surface area contributed by atoms with Crippen LogP contribution in [0.2, 0.25) is 0 Å². The molecule has 7 aromatic rings. The van der Waals surface area contributed by atoms with Crippen LogP contribution in [-0.4, -0.2) is 160 Å². The van der Waals surface area contributed by atoms with Gasteiger partial charge >= 0.3 is 34.8 Å². The van der Waals surface area contributed by atoms with Crippen molar-refractivity contribution < 1.29 is 98.5 Å². The first-order chi connectivity index (χ1) is 53.2. The highest BCUT2D eigenvalue weighted by Gasteiger charge is 2.44. The fourth-order valence-corrected chi connectivity index (χ4v) is 15.7. The van der Waals surface area contributed by atoms with Crippen molar-refractivity contribution in [3.05, 3.63) is 182 Å². The first kappa shape index (κ1) is 83.3. The van der Waals surface area contributed by atoms with Crippen LogP contribution in [0.15, 0.2) is 153 Å². The SMILES string of the molecule is NCOC1CC(n2cc(C#CCNC(=O)COC(N)COc3cccc(C(=O)NCCCCCNC(=O)C(CNC(=O)C4=C/C=C\C=C/C=C\4)NC(=O)CCCNC(=O)c4ccccc4-c4c(-c5nc6ccccc6s5)c(=O)oc5cc6c(cc45)CCCN6)c3)c(N)nc2=O)OC1COP(=O)(O)OP(=O)(O)OP(=O)(O)O. The van der Waals surface area contributed by atoms with Gasteiger partial charge < -0.3 is 97.4 Å². The van der Waals surface area contributed by atoms with Gasteiger partial charge in [-0.15, -0.1) is 11.3 Å². The number of nitrogens with zero attached hydrogens (tertiary/aromatic N) is 3. The second-order valence-electron chi connectivity index (χ2n) is 24.9. The highest BCUT2D eigenvalue weighted by Crippen LogP contribution is 2.66. The van der Waals surface area contributed by atoms with Crippen LogP contribution in [0.25, 0.3) is 42.9 Å². The number of carbonyl (C=O) groups is 6. The molecule has 1 aliphatic carbocycles. The number of thiazole rings is 1. The maximum Gasteiger partial charge on any atom is 0.490 e. The van der Waals surface area contributed by atoms with E-state index in [0.717, 1.165) is 39.9 Å². The van der Waals surface area contributed by atoms with Crippen LogP contribution < -0.4 is 70.5 Å². The molecule has 4 aromatic carbocycles. The van der Waals surface area contributed by atoms with Gasteiger partial charge in [0.25, 0.3) is 17.7 Å². The molecule has 3 aromatic heterocycles. The van der Waals surface area contributed by atoms with E-state index >= 15 is 0 Å². The summed E-state index contributed by atoms with van der Waals surface area (Å²) in [6.45, 7) is -1.24. The quantitative estimate of drug-likeness (QED) is 0.00848. The number of nitrogens with one attached hydrogen (secondary N) is 7. The van der Waals surface area contributed by atoms with Crippen LogP contribution in [0, 0.1) is 11.8 Å². The molecule has 7 unspecified atom stereocenters. The molecule has 0 radical (unpaired) electrons. The molecule has 111 heavy (non-hydrogen) atoms. The molecular weight excluding hydrogens is 1530 g/mol. The number of fused-ring (bicyclic) bond motifs is 3. The monoisotopic (exact) mass is 1610 g/mol. The predicted molar refractivity (Wildman–Crippen MR) is 405 cm³/mol. The number of carbonyl (C=O) groups excluding carboxylic acids is 6. The van der Waals surface area contributed by atoms with Crippen LogP contribution >= 0.6 is 34.8 Å². The summed E-state index contributed by atoms with van der Waals surface area (Å²) in [4.78, 5) is 153. The average molecular weight is 1610 g/mol. The highest BCUT2D eigenvalue weighted by molar-refractivity contribution is 7.66. The van der Waals surface area contributed by atoms with Gasteiger partial charge in [-0.25, -0.2) is 28.3 Å². The molecule has 0 bridgehead atoms. The minimum atomic E-state index is -5.82. The number of nitrogens with two attached hydrogens (primary N) is 3. The van der Waals surface area contributed by atoms with Crippen LogP contribution in [0.5, 0.6) is 5.75 Å². The minimum Gasteiger partial charge on any atom is -0.489 e. The molecule has 40 heteroatoms. The minimum absolute atomic E-state index is 0.00250. The summed E-state index contributed by atoms with van der Waals surface area (Å²) in [6.07, 6.45) is 11.7. The number of nitrogen functional groups attached to an aromatic ring is 1. The molecule has 2 aliphatic heterocycles. The van der Waals surface area contributed by atoms with E-state index in [0.29, 0.717) is 57.5 Å². The summed E-state index contributed by atoms with van der Waals surface area (Å²) in [5, 5.41) is 21.1. The zero-order valence-electron chi connectivity index (χ0n) is 59.2. The van der Waals surface area contributed by atoms with Crippen LogP contribution in [0.4, 0.5) is 11.5 Å². The van der Waals surface area contributed by atoms with E-state index in [1.165, 1.54) is 23.6 Å². The van der Waals surface area contributed by atoms with Crippen molar-refractivity contribution in [2.75, 3.05) is 76.9 Å². The lowest BCUT2D eigenvalue weighted by molar-refractivity contribution is -0.129. The average Bonchev–Trinajstić information content (AvgIpc) is 1.70. The van der Waals surface area contributed by atoms with Gasteiger partial charge in [0.2, 0.25) is 17.7 Å². The lowest BCUT2D eigenvalue weighted by Gasteiger charge is -2.21. The van der Waals surface area contributed by atoms with Crippen LogP contribution in [-0.2, 0) is 66.6 Å². The zero-order valence-corrected chi connectivity index (χ0v) is 62.7. The van der Waals surface area contributed by atoms with Gasteiger partial charge in [0.15, 0.2) is 0 Å². The topological polar surface area (TPSA) is 539 Å². The lowest BCUT2D eigenvalue weighted by Crippen LogP contribution is -2.53. The summed E-state index contributed by atoms with van der Waals surface area (Å²) in [7, 11) is -17.0. The molecule has 5 heterocycles. The number of para-hydroxylation sites is 1. The van der Waals surface area contributed by atoms with Crippen LogP contribution in [0.1, 0.15) is 83.0 Å². The maximum atomic E-state index is 14.3. The normalized spacial score (nSPS) is 18.2. The molecule has 1 saturated heterocycles. The summed E-state index contributed by atoms with van der Waals surface area (Å²) < 4.78 is 77.3. The Morgan fingerprint density at radius 2 is 1.55 bits per heavy atom. The molecule has 7 atom stereocenters. The van der Waals surface area contributed by atoms with Gasteiger partial charge in [-0.3, -0.25) is 37.9 Å². The fourth-order valence-electron chi connectivity index (χ4n) is 11.7. The summed E-state index contributed by atoms with van der Waals surface area (Å²) in [6, 6.07) is 23.4. The zero-order chi connectivity index (χ0) is 79.2. The number of hydrogen-bond donors (Lipinski definition) is 14. The molecule has 1 fully saturated rings. The smallest absolute Gasteiger partial charge is 0.489 e.